The van der Waals surface area contributed by atoms with Crippen molar-refractivity contribution in [3.05, 3.63) is 34.5 Å². The van der Waals surface area contributed by atoms with E-state index in [-0.39, 0.29) is 51.8 Å². The predicted octanol–water partition coefficient (Wildman–Crippen LogP) is -3.72. The largest absolute Gasteiger partial charge is 1.00 e. The normalized spacial score (nSPS) is 23.7. The number of thiazole rings is 1. The van der Waals surface area contributed by atoms with Gasteiger partial charge in [-0.2, -0.15) is 0 Å². The number of hydrogen-bond donors (Lipinski definition) is 3. The number of nitrogen functional groups attached to an aromatic ring is 1. The molecule has 0 unspecified atom stereocenters. The molecule has 1 saturated carbocycles. The standard InChI is InChI=1S/C17H17N5O5S2.Na/c18-17-19-9(6-29-17)10(21-27)13(23)20-11-14(24)22-12(16(25)26)8(5-28-15(11)22)4-3-7-1-2-7;/h3-4,6-7,11,15,27H,1-2,5H2,(H2,18,19)(H,20,23)(H,25,26);/q;+1/p-1/b4-3-,21-10-;/t11-,15-;/m1./s1. The number of nitrogens with one attached hydrogen (secondary N) is 1. The first-order valence-electron chi connectivity index (χ1n) is 8.72. The molecule has 2 fully saturated rings. The van der Waals surface area contributed by atoms with Crippen LogP contribution in [-0.4, -0.2) is 55.8 Å². The zero-order chi connectivity index (χ0) is 20.7. The number of aromatic nitrogens is 1. The summed E-state index contributed by atoms with van der Waals surface area (Å²) in [4.78, 5) is 41.8. The van der Waals surface area contributed by atoms with Crippen LogP contribution >= 0.6 is 23.1 Å². The summed E-state index contributed by atoms with van der Waals surface area (Å²) in [6.07, 6.45) is 5.85. The number of fused-ring (bicyclic) bond motifs is 1. The molecular formula is C17H16N5NaO5S2. The summed E-state index contributed by atoms with van der Waals surface area (Å²) in [6, 6.07) is -0.955. The molecular weight excluding hydrogens is 441 g/mol. The molecule has 2 aliphatic heterocycles. The number of thioether (sulfide) groups is 1. The van der Waals surface area contributed by atoms with Crippen molar-refractivity contribution in [1.29, 1.82) is 0 Å². The monoisotopic (exact) mass is 457 g/mol. The molecule has 0 bridgehead atoms. The summed E-state index contributed by atoms with van der Waals surface area (Å²) < 4.78 is 0. The number of carboxylic acids is 1. The Morgan fingerprint density at radius 1 is 1.43 bits per heavy atom. The predicted molar refractivity (Wildman–Crippen MR) is 104 cm³/mol. The number of nitrogens with two attached hydrogens (primary N) is 1. The van der Waals surface area contributed by atoms with Crippen LogP contribution in [0.5, 0.6) is 0 Å². The van der Waals surface area contributed by atoms with Crippen LogP contribution in [0.1, 0.15) is 18.5 Å². The summed E-state index contributed by atoms with van der Waals surface area (Å²) >= 11 is 2.41. The second kappa shape index (κ2) is 9.10. The van der Waals surface area contributed by atoms with Crippen LogP contribution in [0.3, 0.4) is 0 Å². The Bertz CT molecular complexity index is 987. The van der Waals surface area contributed by atoms with E-state index in [2.05, 4.69) is 15.5 Å². The van der Waals surface area contributed by atoms with Crippen molar-refractivity contribution in [1.82, 2.24) is 15.2 Å². The van der Waals surface area contributed by atoms with Gasteiger partial charge in [-0.1, -0.05) is 17.3 Å². The summed E-state index contributed by atoms with van der Waals surface area (Å²) in [7, 11) is 0. The van der Waals surface area contributed by atoms with E-state index in [4.69, 9.17) is 10.9 Å². The molecule has 13 heteroatoms. The Labute approximate surface area is 201 Å². The third-order valence-electron chi connectivity index (χ3n) is 4.75. The van der Waals surface area contributed by atoms with Gasteiger partial charge in [0.25, 0.3) is 11.8 Å². The van der Waals surface area contributed by atoms with Gasteiger partial charge >= 0.3 is 29.6 Å². The molecule has 152 valence electrons. The van der Waals surface area contributed by atoms with Crippen LogP contribution in [0.2, 0.25) is 0 Å². The molecule has 10 nitrogen and oxygen atoms in total. The van der Waals surface area contributed by atoms with Gasteiger partial charge < -0.3 is 26.2 Å². The van der Waals surface area contributed by atoms with Gasteiger partial charge in [0.05, 0.1) is 11.7 Å². The quantitative estimate of drug-likeness (QED) is 0.129. The number of carbonyl (C=O) groups is 3. The van der Waals surface area contributed by atoms with Crippen LogP contribution in [0.4, 0.5) is 5.13 Å². The summed E-state index contributed by atoms with van der Waals surface area (Å²) in [5, 5.41) is 27.3. The molecule has 0 radical (unpaired) electrons. The zero-order valence-corrected chi connectivity index (χ0v) is 19.5. The van der Waals surface area contributed by atoms with Gasteiger partial charge in [-0.05, 0) is 24.3 Å². The maximum absolute atomic E-state index is 12.6. The van der Waals surface area contributed by atoms with Crippen molar-refractivity contribution in [2.24, 2.45) is 11.1 Å². The second-order valence-corrected chi connectivity index (χ2v) is 8.73. The third kappa shape index (κ3) is 4.28. The number of nitrogens with zero attached hydrogens (tertiary/aromatic N) is 3. The van der Waals surface area contributed by atoms with E-state index in [1.807, 2.05) is 6.08 Å². The first kappa shape index (κ1) is 22.8. The molecule has 4 rings (SSSR count). The Balaban J connectivity index is 0.00000256. The fraction of sp³-hybridized carbons (Fsp3) is 0.353. The van der Waals surface area contributed by atoms with Gasteiger partial charge in [0.2, 0.25) is 0 Å². The third-order valence-corrected chi connectivity index (χ3v) is 6.73. The minimum absolute atomic E-state index is 0. The molecule has 1 aromatic heterocycles. The number of allylic oxidation sites excluding steroid dienone is 2. The van der Waals surface area contributed by atoms with Gasteiger partial charge in [-0.3, -0.25) is 14.5 Å². The molecule has 1 aliphatic carbocycles. The van der Waals surface area contributed by atoms with Gasteiger partial charge in [-0.25, -0.2) is 4.98 Å². The van der Waals surface area contributed by atoms with Crippen molar-refractivity contribution in [2.75, 3.05) is 11.5 Å². The number of aliphatic carboxylic acids is 1. The van der Waals surface area contributed by atoms with Crippen LogP contribution in [0.25, 0.3) is 0 Å². The fourth-order valence-electron chi connectivity index (χ4n) is 3.12. The molecule has 2 atom stereocenters. The molecule has 0 aromatic carbocycles. The first-order chi connectivity index (χ1) is 13.9. The minimum atomic E-state index is -1.43. The van der Waals surface area contributed by atoms with Gasteiger partial charge in [-0.15, -0.1) is 23.1 Å². The number of hydrogen-bond acceptors (Lipinski definition) is 10. The number of β-lactam (4-membered cyclic amide) rings is 1. The summed E-state index contributed by atoms with van der Waals surface area (Å²) in [6.45, 7) is 0. The Hall–Kier alpha value is -1.86. The molecule has 1 saturated heterocycles. The first-order valence-corrected chi connectivity index (χ1v) is 10.6. The van der Waals surface area contributed by atoms with Crippen LogP contribution in [0.15, 0.2) is 34.0 Å². The Kier molecular flexibility index (Phi) is 6.92. The molecule has 30 heavy (non-hydrogen) atoms. The summed E-state index contributed by atoms with van der Waals surface area (Å²) in [5.41, 5.74) is 5.58. The van der Waals surface area contributed by atoms with Gasteiger partial charge in [0.15, 0.2) is 10.8 Å². The van der Waals surface area contributed by atoms with E-state index in [1.165, 1.54) is 17.1 Å². The van der Waals surface area contributed by atoms with Crippen molar-refractivity contribution >= 4 is 51.7 Å². The SMILES string of the molecule is Nc1nc(/C(=N/O)C(=O)N[C@@H]2C(=O)N3C(C(=O)[O-])=C(/C=C\C4CC4)CS[C@H]23)cs1.[Na+]. The van der Waals surface area contributed by atoms with E-state index in [0.717, 1.165) is 29.1 Å². The zero-order valence-electron chi connectivity index (χ0n) is 15.9. The number of rotatable bonds is 6. The maximum atomic E-state index is 12.6. The molecule has 4 N–H and O–H groups in total. The average Bonchev–Trinajstić information content (AvgIpc) is 3.43. The van der Waals surface area contributed by atoms with E-state index >= 15 is 0 Å². The summed E-state index contributed by atoms with van der Waals surface area (Å²) in [5.74, 6) is -1.98. The molecule has 0 spiro atoms. The van der Waals surface area contributed by atoms with Crippen molar-refractivity contribution < 1.29 is 54.3 Å². The van der Waals surface area contributed by atoms with Crippen molar-refractivity contribution in [3.63, 3.8) is 0 Å². The Morgan fingerprint density at radius 2 is 2.17 bits per heavy atom. The maximum Gasteiger partial charge on any atom is 1.00 e. The van der Waals surface area contributed by atoms with Crippen LogP contribution in [-0.2, 0) is 14.4 Å². The molecule has 2 amide bonds. The molecule has 1 aromatic rings. The van der Waals surface area contributed by atoms with E-state index < -0.39 is 29.2 Å². The van der Waals surface area contributed by atoms with E-state index in [1.54, 1.807) is 6.08 Å². The number of anilines is 1. The fourth-order valence-corrected chi connectivity index (χ4v) is 4.99. The van der Waals surface area contributed by atoms with Gasteiger partial charge in [0, 0.05) is 11.1 Å². The van der Waals surface area contributed by atoms with E-state index in [9.17, 15) is 19.5 Å². The van der Waals surface area contributed by atoms with Crippen LogP contribution in [0, 0.1) is 5.92 Å². The van der Waals surface area contributed by atoms with Crippen molar-refractivity contribution in [2.45, 2.75) is 24.3 Å². The molecule has 3 heterocycles. The topological polar surface area (TPSA) is 161 Å². The average molecular weight is 457 g/mol. The van der Waals surface area contributed by atoms with Gasteiger partial charge in [0.1, 0.15) is 17.1 Å². The van der Waals surface area contributed by atoms with Crippen molar-refractivity contribution in [3.8, 4) is 0 Å². The number of amides is 2. The second-order valence-electron chi connectivity index (χ2n) is 6.74. The van der Waals surface area contributed by atoms with E-state index in [0.29, 0.717) is 17.2 Å². The molecule has 3 aliphatic rings. The van der Waals surface area contributed by atoms with Crippen LogP contribution < -0.4 is 45.7 Å². The number of carbonyl (C=O) groups excluding carboxylic acids is 3. The number of carboxylic acid groups (broad SMARTS) is 1. The minimum Gasteiger partial charge on any atom is -0.543 e. The Morgan fingerprint density at radius 3 is 2.73 bits per heavy atom. The number of oxime groups is 1. The smallest absolute Gasteiger partial charge is 0.543 e.